The highest BCUT2D eigenvalue weighted by atomic mass is 16.6. The number of nitrogens with zero attached hydrogens (tertiary/aromatic N) is 2. The molecule has 1 aliphatic heterocycles. The van der Waals surface area contributed by atoms with Gasteiger partial charge in [0.15, 0.2) is 0 Å². The molecule has 29 heavy (non-hydrogen) atoms. The molecular formula is C18H29N5O6. The van der Waals surface area contributed by atoms with Gasteiger partial charge in [0.25, 0.3) is 11.8 Å². The molecule has 0 saturated carbocycles. The van der Waals surface area contributed by atoms with E-state index in [1.54, 1.807) is 34.9 Å². The average molecular weight is 411 g/mol. The topological polar surface area (TPSA) is 137 Å². The Morgan fingerprint density at radius 2 is 1.59 bits per heavy atom. The van der Waals surface area contributed by atoms with E-state index in [1.807, 2.05) is 0 Å². The number of nitrogens with one attached hydrogen (secondary N) is 3. The van der Waals surface area contributed by atoms with Crippen molar-refractivity contribution in [2.75, 3.05) is 33.7 Å². The highest BCUT2D eigenvalue weighted by Gasteiger charge is 2.32. The van der Waals surface area contributed by atoms with Crippen LogP contribution in [0.1, 0.15) is 27.2 Å². The molecule has 0 aliphatic carbocycles. The minimum absolute atomic E-state index is 0.0948. The molecule has 1 heterocycles. The van der Waals surface area contributed by atoms with Gasteiger partial charge < -0.3 is 25.6 Å². The quantitative estimate of drug-likeness (QED) is 0.464. The molecule has 0 saturated heterocycles. The van der Waals surface area contributed by atoms with Crippen LogP contribution in [0.2, 0.25) is 0 Å². The largest absolute Gasteiger partial charge is 0.444 e. The van der Waals surface area contributed by atoms with Crippen LogP contribution in [-0.4, -0.2) is 85.0 Å². The Labute approximate surface area is 169 Å². The number of hydrogen-bond acceptors (Lipinski definition) is 6. The minimum Gasteiger partial charge on any atom is -0.444 e. The molecular weight excluding hydrogens is 382 g/mol. The molecule has 0 aromatic rings. The first-order chi connectivity index (χ1) is 13.4. The van der Waals surface area contributed by atoms with Gasteiger partial charge in [-0.25, -0.2) is 9.59 Å². The molecule has 0 radical (unpaired) electrons. The number of urea groups is 1. The molecule has 1 aliphatic rings. The molecule has 0 unspecified atom stereocenters. The summed E-state index contributed by atoms with van der Waals surface area (Å²) < 4.78 is 5.14. The average Bonchev–Trinajstić information content (AvgIpc) is 2.92. The van der Waals surface area contributed by atoms with Gasteiger partial charge in [0.2, 0.25) is 5.91 Å². The van der Waals surface area contributed by atoms with Gasteiger partial charge in [-0.1, -0.05) is 0 Å². The van der Waals surface area contributed by atoms with Crippen molar-refractivity contribution in [3.63, 3.8) is 0 Å². The fourth-order valence-electron chi connectivity index (χ4n) is 2.32. The lowest BCUT2D eigenvalue weighted by Crippen LogP contribution is -2.53. The summed E-state index contributed by atoms with van der Waals surface area (Å²) in [7, 11) is 3.23. The fraction of sp³-hybridized carbons (Fsp3) is 0.611. The number of hydrogen-bond donors (Lipinski definition) is 3. The lowest BCUT2D eigenvalue weighted by Gasteiger charge is -2.27. The van der Waals surface area contributed by atoms with Crippen LogP contribution in [0.25, 0.3) is 0 Å². The van der Waals surface area contributed by atoms with Gasteiger partial charge in [-0.05, 0) is 20.8 Å². The fourth-order valence-corrected chi connectivity index (χ4v) is 2.32. The van der Waals surface area contributed by atoms with Crippen LogP contribution in [-0.2, 0) is 19.1 Å². The van der Waals surface area contributed by atoms with E-state index in [4.69, 9.17) is 4.74 Å². The van der Waals surface area contributed by atoms with Crippen LogP contribution in [0, 0.1) is 0 Å². The summed E-state index contributed by atoms with van der Waals surface area (Å²) in [4.78, 5) is 61.6. The molecule has 1 rings (SSSR count). The second-order valence-corrected chi connectivity index (χ2v) is 7.59. The number of ether oxygens (including phenoxy) is 1. The normalized spacial score (nSPS) is 14.4. The molecule has 0 fully saturated rings. The molecule has 11 nitrogen and oxygen atoms in total. The first kappa shape index (κ1) is 23.9. The first-order valence-corrected chi connectivity index (χ1v) is 9.14. The van der Waals surface area contributed by atoms with E-state index in [0.29, 0.717) is 0 Å². The zero-order valence-corrected chi connectivity index (χ0v) is 17.4. The van der Waals surface area contributed by atoms with Gasteiger partial charge in [-0.3, -0.25) is 19.3 Å². The Morgan fingerprint density at radius 3 is 2.10 bits per heavy atom. The molecule has 11 heteroatoms. The standard InChI is InChI=1S/C18H29N5O6/c1-18(2,3)29-17(28)21-11-12(23-14(25)6-7-15(23)26)10-20-16(27)19-9-8-13(24)22(4)5/h6-7,12H,8-11H2,1-5H3,(H,21,28)(H2,19,20,27)/t12-/m1/s1. The van der Waals surface area contributed by atoms with Crippen molar-refractivity contribution >= 4 is 29.8 Å². The predicted molar refractivity (Wildman–Crippen MR) is 104 cm³/mol. The summed E-state index contributed by atoms with van der Waals surface area (Å²) >= 11 is 0. The van der Waals surface area contributed by atoms with Crippen LogP contribution in [0.3, 0.4) is 0 Å². The Hall–Kier alpha value is -3.11. The van der Waals surface area contributed by atoms with E-state index in [9.17, 15) is 24.0 Å². The van der Waals surface area contributed by atoms with Crippen molar-refractivity contribution in [1.29, 1.82) is 0 Å². The third-order valence-corrected chi connectivity index (χ3v) is 3.71. The highest BCUT2D eigenvalue weighted by Crippen LogP contribution is 2.10. The number of carbonyl (C=O) groups excluding carboxylic acids is 5. The van der Waals surface area contributed by atoms with Crippen molar-refractivity contribution in [3.8, 4) is 0 Å². The Balaban J connectivity index is 2.60. The van der Waals surface area contributed by atoms with E-state index >= 15 is 0 Å². The maximum absolute atomic E-state index is 12.0. The van der Waals surface area contributed by atoms with E-state index in [-0.39, 0.29) is 32.0 Å². The van der Waals surface area contributed by atoms with E-state index in [1.165, 1.54) is 4.90 Å². The third-order valence-electron chi connectivity index (χ3n) is 3.71. The van der Waals surface area contributed by atoms with Gasteiger partial charge in [0, 0.05) is 52.3 Å². The Morgan fingerprint density at radius 1 is 1.03 bits per heavy atom. The monoisotopic (exact) mass is 411 g/mol. The number of imide groups is 1. The van der Waals surface area contributed by atoms with E-state index in [2.05, 4.69) is 16.0 Å². The van der Waals surface area contributed by atoms with Crippen LogP contribution < -0.4 is 16.0 Å². The maximum Gasteiger partial charge on any atom is 0.407 e. The van der Waals surface area contributed by atoms with Crippen LogP contribution in [0.5, 0.6) is 0 Å². The summed E-state index contributed by atoms with van der Waals surface area (Å²) in [5.41, 5.74) is -0.706. The minimum atomic E-state index is -0.813. The number of alkyl carbamates (subject to hydrolysis) is 1. The van der Waals surface area contributed by atoms with Crippen LogP contribution >= 0.6 is 0 Å². The second-order valence-electron chi connectivity index (χ2n) is 7.59. The zero-order valence-electron chi connectivity index (χ0n) is 17.4. The van der Waals surface area contributed by atoms with Gasteiger partial charge in [0.05, 0.1) is 6.04 Å². The molecule has 6 amide bonds. The Bertz CT molecular complexity index is 665. The van der Waals surface area contributed by atoms with Gasteiger partial charge in [-0.2, -0.15) is 0 Å². The predicted octanol–water partition coefficient (Wildman–Crippen LogP) is -0.418. The van der Waals surface area contributed by atoms with Crippen molar-refractivity contribution in [3.05, 3.63) is 12.2 Å². The molecule has 1 atom stereocenters. The lowest BCUT2D eigenvalue weighted by atomic mass is 10.2. The van der Waals surface area contributed by atoms with Gasteiger partial charge in [0.1, 0.15) is 5.60 Å². The third kappa shape index (κ3) is 8.62. The maximum atomic E-state index is 12.0. The van der Waals surface area contributed by atoms with Crippen molar-refractivity contribution in [2.45, 2.75) is 38.8 Å². The molecule has 3 N–H and O–H groups in total. The molecule has 0 aromatic heterocycles. The lowest BCUT2D eigenvalue weighted by molar-refractivity contribution is -0.139. The molecule has 0 aromatic carbocycles. The van der Waals surface area contributed by atoms with E-state index < -0.39 is 35.6 Å². The summed E-state index contributed by atoms with van der Waals surface area (Å²) in [5.74, 6) is -1.21. The van der Waals surface area contributed by atoms with E-state index in [0.717, 1.165) is 17.1 Å². The smallest absolute Gasteiger partial charge is 0.407 e. The summed E-state index contributed by atoms with van der Waals surface area (Å²) in [6.07, 6.45) is 1.67. The van der Waals surface area contributed by atoms with Crippen molar-refractivity contribution in [1.82, 2.24) is 25.8 Å². The first-order valence-electron chi connectivity index (χ1n) is 9.14. The summed E-state index contributed by atoms with van der Waals surface area (Å²) in [6.45, 7) is 5.04. The van der Waals surface area contributed by atoms with Gasteiger partial charge in [-0.15, -0.1) is 0 Å². The van der Waals surface area contributed by atoms with Crippen LogP contribution in [0.15, 0.2) is 12.2 Å². The number of amides is 6. The number of carbonyl (C=O) groups is 5. The number of rotatable bonds is 8. The Kier molecular flexibility index (Phi) is 8.61. The van der Waals surface area contributed by atoms with Crippen LogP contribution in [0.4, 0.5) is 9.59 Å². The second kappa shape index (κ2) is 10.4. The molecule has 162 valence electrons. The summed E-state index contributed by atoms with van der Waals surface area (Å²) in [6, 6.07) is -1.38. The zero-order chi connectivity index (χ0) is 22.2. The SMILES string of the molecule is CN(C)C(=O)CCNC(=O)NC[C@H](CNC(=O)OC(C)(C)C)N1C(=O)C=CC1=O. The van der Waals surface area contributed by atoms with Crippen molar-refractivity contribution < 1.29 is 28.7 Å². The molecule has 0 bridgehead atoms. The van der Waals surface area contributed by atoms with Gasteiger partial charge >= 0.3 is 12.1 Å². The molecule has 0 spiro atoms. The van der Waals surface area contributed by atoms with Crippen molar-refractivity contribution in [2.24, 2.45) is 0 Å². The highest BCUT2D eigenvalue weighted by molar-refractivity contribution is 6.13. The summed E-state index contributed by atoms with van der Waals surface area (Å²) in [5, 5.41) is 7.55.